The lowest BCUT2D eigenvalue weighted by Crippen LogP contribution is -2.25. The number of hydrogen-bond acceptors (Lipinski definition) is 4. The molecule has 0 spiro atoms. The molecule has 0 radical (unpaired) electrons. The van der Waals surface area contributed by atoms with E-state index in [9.17, 15) is 9.59 Å². The molecular weight excluding hydrogens is 258 g/mol. The second kappa shape index (κ2) is 5.00. The fourth-order valence-electron chi connectivity index (χ4n) is 1.85. The van der Waals surface area contributed by atoms with Crippen molar-refractivity contribution in [1.82, 2.24) is 4.98 Å². The van der Waals surface area contributed by atoms with Crippen LogP contribution in [0, 0.1) is 0 Å². The Hall–Kier alpha value is -2.89. The highest BCUT2D eigenvalue weighted by molar-refractivity contribution is 6.05. The Balaban J connectivity index is 1.81. The molecule has 1 aromatic carbocycles. The standard InChI is InChI=1S/C14H11N3O3/c18-13-8-20-12-7-9(1-2-11(12)17-13)14(19)16-10-3-5-15-6-4-10/h1-7H,8H2,(H,17,18)(H,15,16,19). The Bertz CT molecular complexity index is 671. The average Bonchev–Trinajstić information content (AvgIpc) is 2.47. The molecule has 1 aliphatic heterocycles. The highest BCUT2D eigenvalue weighted by atomic mass is 16.5. The van der Waals surface area contributed by atoms with Crippen molar-refractivity contribution in [3.63, 3.8) is 0 Å². The molecule has 2 heterocycles. The number of carbonyl (C=O) groups excluding carboxylic acids is 2. The molecule has 6 heteroatoms. The van der Waals surface area contributed by atoms with Crippen LogP contribution in [-0.2, 0) is 4.79 Å². The third-order valence-electron chi connectivity index (χ3n) is 2.81. The molecule has 2 amide bonds. The minimum atomic E-state index is -0.250. The molecule has 0 unspecified atom stereocenters. The molecule has 0 saturated carbocycles. The number of carbonyl (C=O) groups is 2. The first kappa shape index (κ1) is 12.2. The van der Waals surface area contributed by atoms with Gasteiger partial charge in [-0.25, -0.2) is 0 Å². The fourth-order valence-corrected chi connectivity index (χ4v) is 1.85. The molecule has 0 atom stereocenters. The smallest absolute Gasteiger partial charge is 0.262 e. The Morgan fingerprint density at radius 2 is 2.05 bits per heavy atom. The van der Waals surface area contributed by atoms with Crippen molar-refractivity contribution >= 4 is 23.2 Å². The molecular formula is C14H11N3O3. The van der Waals surface area contributed by atoms with Crippen molar-refractivity contribution in [2.75, 3.05) is 17.2 Å². The van der Waals surface area contributed by atoms with Crippen LogP contribution < -0.4 is 15.4 Å². The molecule has 0 bridgehead atoms. The van der Waals surface area contributed by atoms with Crippen LogP contribution in [0.25, 0.3) is 0 Å². The number of aromatic nitrogens is 1. The lowest BCUT2D eigenvalue weighted by Gasteiger charge is -2.18. The predicted molar refractivity (Wildman–Crippen MR) is 72.8 cm³/mol. The molecule has 0 aliphatic carbocycles. The zero-order valence-electron chi connectivity index (χ0n) is 10.4. The van der Waals surface area contributed by atoms with Crippen LogP contribution in [0.2, 0.25) is 0 Å². The van der Waals surface area contributed by atoms with E-state index in [1.165, 1.54) is 0 Å². The van der Waals surface area contributed by atoms with Crippen LogP contribution in [0.15, 0.2) is 42.7 Å². The summed E-state index contributed by atoms with van der Waals surface area (Å²) in [5.74, 6) is 0.0398. The normalized spacial score (nSPS) is 12.9. The number of nitrogens with one attached hydrogen (secondary N) is 2. The monoisotopic (exact) mass is 269 g/mol. The summed E-state index contributed by atoms with van der Waals surface area (Å²) >= 11 is 0. The van der Waals surface area contributed by atoms with Gasteiger partial charge in [0.1, 0.15) is 5.75 Å². The van der Waals surface area contributed by atoms with Gasteiger partial charge in [-0.15, -0.1) is 0 Å². The summed E-state index contributed by atoms with van der Waals surface area (Å²) in [7, 11) is 0. The molecule has 1 aromatic heterocycles. The van der Waals surface area contributed by atoms with Gasteiger partial charge in [0.05, 0.1) is 5.69 Å². The van der Waals surface area contributed by atoms with Crippen molar-refractivity contribution in [2.24, 2.45) is 0 Å². The van der Waals surface area contributed by atoms with Crippen molar-refractivity contribution in [2.45, 2.75) is 0 Å². The molecule has 1 aliphatic rings. The van der Waals surface area contributed by atoms with Gasteiger partial charge in [-0.3, -0.25) is 14.6 Å². The zero-order chi connectivity index (χ0) is 13.9. The molecule has 2 aromatic rings. The second-order valence-electron chi connectivity index (χ2n) is 4.24. The van der Waals surface area contributed by atoms with Gasteiger partial charge in [0.2, 0.25) is 0 Å². The summed E-state index contributed by atoms with van der Waals surface area (Å²) in [6, 6.07) is 8.28. The van der Waals surface area contributed by atoms with Crippen molar-refractivity contribution in [3.05, 3.63) is 48.3 Å². The number of pyridine rings is 1. The summed E-state index contributed by atoms with van der Waals surface area (Å²) < 4.78 is 5.27. The van der Waals surface area contributed by atoms with E-state index in [4.69, 9.17) is 4.74 Å². The second-order valence-corrected chi connectivity index (χ2v) is 4.24. The SMILES string of the molecule is O=C1COc2cc(C(=O)Nc3ccncc3)ccc2N1. The highest BCUT2D eigenvalue weighted by Crippen LogP contribution is 2.28. The number of ether oxygens (including phenoxy) is 1. The van der Waals surface area contributed by atoms with Gasteiger partial charge in [0.25, 0.3) is 11.8 Å². The predicted octanol–water partition coefficient (Wildman–Crippen LogP) is 1.66. The molecule has 0 saturated heterocycles. The summed E-state index contributed by atoms with van der Waals surface area (Å²) in [6.07, 6.45) is 3.20. The van der Waals surface area contributed by atoms with Gasteiger partial charge < -0.3 is 15.4 Å². The Morgan fingerprint density at radius 3 is 2.85 bits per heavy atom. The number of benzene rings is 1. The van der Waals surface area contributed by atoms with Crippen molar-refractivity contribution < 1.29 is 14.3 Å². The van der Waals surface area contributed by atoms with Gasteiger partial charge in [0.15, 0.2) is 6.61 Å². The minimum absolute atomic E-state index is 0.0393. The molecule has 6 nitrogen and oxygen atoms in total. The number of fused-ring (bicyclic) bond motifs is 1. The van der Waals surface area contributed by atoms with E-state index in [0.717, 1.165) is 0 Å². The van der Waals surface area contributed by atoms with E-state index >= 15 is 0 Å². The van der Waals surface area contributed by atoms with E-state index in [2.05, 4.69) is 15.6 Å². The van der Waals surface area contributed by atoms with Crippen molar-refractivity contribution in [1.29, 1.82) is 0 Å². The fraction of sp³-hybridized carbons (Fsp3) is 0.0714. The first-order valence-corrected chi connectivity index (χ1v) is 6.00. The number of nitrogens with zero attached hydrogens (tertiary/aromatic N) is 1. The maximum Gasteiger partial charge on any atom is 0.262 e. The number of rotatable bonds is 2. The van der Waals surface area contributed by atoms with Crippen LogP contribution in [0.5, 0.6) is 5.75 Å². The Morgan fingerprint density at radius 1 is 1.25 bits per heavy atom. The number of amides is 2. The number of hydrogen-bond donors (Lipinski definition) is 2. The van der Waals surface area contributed by atoms with Crippen LogP contribution in [0.4, 0.5) is 11.4 Å². The van der Waals surface area contributed by atoms with E-state index in [-0.39, 0.29) is 18.4 Å². The van der Waals surface area contributed by atoms with Crippen LogP contribution in [-0.4, -0.2) is 23.4 Å². The summed E-state index contributed by atoms with van der Waals surface area (Å²) in [6.45, 7) is -0.0393. The average molecular weight is 269 g/mol. The molecule has 0 fully saturated rings. The van der Waals surface area contributed by atoms with Gasteiger partial charge in [0, 0.05) is 23.6 Å². The highest BCUT2D eigenvalue weighted by Gasteiger charge is 2.17. The lowest BCUT2D eigenvalue weighted by atomic mass is 10.1. The Labute approximate surface area is 114 Å². The first-order valence-electron chi connectivity index (χ1n) is 6.00. The first-order chi connectivity index (χ1) is 9.72. The van der Waals surface area contributed by atoms with Crippen LogP contribution in [0.3, 0.4) is 0 Å². The van der Waals surface area contributed by atoms with E-state index in [1.54, 1.807) is 42.7 Å². The van der Waals surface area contributed by atoms with E-state index in [0.29, 0.717) is 22.7 Å². The van der Waals surface area contributed by atoms with Crippen LogP contribution in [0.1, 0.15) is 10.4 Å². The number of anilines is 2. The molecule has 3 rings (SSSR count). The van der Waals surface area contributed by atoms with Crippen molar-refractivity contribution in [3.8, 4) is 5.75 Å². The van der Waals surface area contributed by atoms with Gasteiger partial charge in [-0.05, 0) is 30.3 Å². The largest absolute Gasteiger partial charge is 0.482 e. The summed E-state index contributed by atoms with van der Waals surface area (Å²) in [5.41, 5.74) is 1.69. The molecule has 2 N–H and O–H groups in total. The minimum Gasteiger partial charge on any atom is -0.482 e. The third kappa shape index (κ3) is 2.44. The third-order valence-corrected chi connectivity index (χ3v) is 2.81. The zero-order valence-corrected chi connectivity index (χ0v) is 10.4. The quantitative estimate of drug-likeness (QED) is 0.869. The molecule has 20 heavy (non-hydrogen) atoms. The maximum absolute atomic E-state index is 12.1. The lowest BCUT2D eigenvalue weighted by molar-refractivity contribution is -0.118. The van der Waals surface area contributed by atoms with Gasteiger partial charge >= 0.3 is 0 Å². The summed E-state index contributed by atoms with van der Waals surface area (Å²) in [4.78, 5) is 27.1. The molecule has 100 valence electrons. The van der Waals surface area contributed by atoms with E-state index < -0.39 is 0 Å². The Kier molecular flexibility index (Phi) is 3.04. The maximum atomic E-state index is 12.1. The van der Waals surface area contributed by atoms with Crippen LogP contribution >= 0.6 is 0 Å². The van der Waals surface area contributed by atoms with Gasteiger partial charge in [-0.2, -0.15) is 0 Å². The summed E-state index contributed by atoms with van der Waals surface area (Å²) in [5, 5.41) is 5.42. The van der Waals surface area contributed by atoms with Gasteiger partial charge in [-0.1, -0.05) is 0 Å². The topological polar surface area (TPSA) is 80.3 Å². The van der Waals surface area contributed by atoms with E-state index in [1.807, 2.05) is 0 Å².